The third kappa shape index (κ3) is 1.97. The highest BCUT2D eigenvalue weighted by molar-refractivity contribution is 5.89. The number of alkyl halides is 1. The van der Waals surface area contributed by atoms with E-state index in [2.05, 4.69) is 6.08 Å². The molecule has 0 radical (unpaired) electrons. The number of allylic oxidation sites excluding steroid dienone is 4. The van der Waals surface area contributed by atoms with Crippen LogP contribution >= 0.6 is 0 Å². The molecule has 26 heavy (non-hydrogen) atoms. The molecule has 3 saturated carbocycles. The highest BCUT2D eigenvalue weighted by Gasteiger charge is 2.71. The number of carbonyl (C=O) groups is 1. The van der Waals surface area contributed by atoms with Crippen LogP contribution in [0.5, 0.6) is 0 Å². The molecule has 0 aromatic carbocycles. The molecule has 1 unspecified atom stereocenters. The maximum atomic E-state index is 16.7. The Morgan fingerprint density at radius 3 is 2.77 bits per heavy atom. The van der Waals surface area contributed by atoms with Crippen LogP contribution in [0.4, 0.5) is 4.39 Å². The zero-order chi connectivity index (χ0) is 18.9. The molecule has 3 fully saturated rings. The molecule has 3 N–H and O–H groups in total. The Labute approximate surface area is 153 Å². The summed E-state index contributed by atoms with van der Waals surface area (Å²) in [5, 5.41) is 31.5. The van der Waals surface area contributed by atoms with Gasteiger partial charge >= 0.3 is 0 Å². The molecular formula is C21H29FO4. The van der Waals surface area contributed by atoms with Crippen molar-refractivity contribution in [1.82, 2.24) is 0 Å². The molecule has 4 nitrogen and oxygen atoms in total. The molecular weight excluding hydrogens is 335 g/mol. The van der Waals surface area contributed by atoms with Crippen molar-refractivity contribution in [3.63, 3.8) is 0 Å². The Kier molecular flexibility index (Phi) is 4.04. The number of halogens is 1. The molecule has 0 heterocycles. The summed E-state index contributed by atoms with van der Waals surface area (Å²) in [6, 6.07) is 0. The van der Waals surface area contributed by atoms with E-state index in [1.165, 1.54) is 0 Å². The zero-order valence-corrected chi connectivity index (χ0v) is 15.5. The molecule has 0 amide bonds. The lowest BCUT2D eigenvalue weighted by atomic mass is 9.48. The molecule has 5 heteroatoms. The normalized spacial score (nSPS) is 52.7. The van der Waals surface area contributed by atoms with Gasteiger partial charge in [0.25, 0.3) is 0 Å². The Hall–Kier alpha value is -1.04. The van der Waals surface area contributed by atoms with E-state index < -0.39 is 47.0 Å². The minimum absolute atomic E-state index is 0.0565. The van der Waals surface area contributed by atoms with Crippen molar-refractivity contribution in [2.24, 2.45) is 29.1 Å². The van der Waals surface area contributed by atoms with E-state index in [9.17, 15) is 20.1 Å². The molecule has 144 valence electrons. The quantitative estimate of drug-likeness (QED) is 0.657. The summed E-state index contributed by atoms with van der Waals surface area (Å²) >= 11 is 0. The van der Waals surface area contributed by atoms with Gasteiger partial charge in [-0.25, -0.2) is 4.39 Å². The Balaban J connectivity index is 1.78. The number of rotatable bonds is 2. The highest BCUT2D eigenvalue weighted by Crippen LogP contribution is 2.66. The monoisotopic (exact) mass is 364 g/mol. The second-order valence-corrected chi connectivity index (χ2v) is 9.05. The van der Waals surface area contributed by atoms with Gasteiger partial charge in [-0.3, -0.25) is 4.79 Å². The zero-order valence-electron chi connectivity index (χ0n) is 15.5. The first-order valence-electron chi connectivity index (χ1n) is 9.82. The van der Waals surface area contributed by atoms with Crippen molar-refractivity contribution in [2.45, 2.75) is 63.3 Å². The molecule has 4 aliphatic carbocycles. The summed E-state index contributed by atoms with van der Waals surface area (Å²) < 4.78 is 16.7. The first-order chi connectivity index (χ1) is 12.2. The van der Waals surface area contributed by atoms with E-state index >= 15 is 4.39 Å². The fourth-order valence-corrected chi connectivity index (χ4v) is 6.86. The molecule has 8 atom stereocenters. The lowest BCUT2D eigenvalue weighted by molar-refractivity contribution is -0.191. The van der Waals surface area contributed by atoms with E-state index in [0.29, 0.717) is 12.8 Å². The number of Topliss-reactive ketones (excluding diaryl/α,β-unsaturated/α-hetero) is 1. The Morgan fingerprint density at radius 1 is 1.35 bits per heavy atom. The first-order valence-corrected chi connectivity index (χ1v) is 9.82. The summed E-state index contributed by atoms with van der Waals surface area (Å²) in [6.07, 6.45) is 7.54. The van der Waals surface area contributed by atoms with Gasteiger partial charge in [-0.05, 0) is 50.9 Å². The predicted octanol–water partition coefficient (Wildman–Crippen LogP) is 2.33. The summed E-state index contributed by atoms with van der Waals surface area (Å²) in [7, 11) is 0. The fourth-order valence-electron chi connectivity index (χ4n) is 6.86. The van der Waals surface area contributed by atoms with Crippen molar-refractivity contribution < 1.29 is 24.5 Å². The van der Waals surface area contributed by atoms with E-state index in [0.717, 1.165) is 18.4 Å². The number of aliphatic hydroxyl groups is 3. The van der Waals surface area contributed by atoms with Crippen molar-refractivity contribution in [3.8, 4) is 0 Å². The molecule has 0 aliphatic heterocycles. The Morgan fingerprint density at radius 2 is 2.08 bits per heavy atom. The average molecular weight is 364 g/mol. The van der Waals surface area contributed by atoms with Crippen LogP contribution in [-0.2, 0) is 4.79 Å². The van der Waals surface area contributed by atoms with Crippen molar-refractivity contribution in [1.29, 1.82) is 0 Å². The van der Waals surface area contributed by atoms with Gasteiger partial charge < -0.3 is 15.3 Å². The lowest BCUT2D eigenvalue weighted by Gasteiger charge is -2.59. The van der Waals surface area contributed by atoms with E-state index in [4.69, 9.17) is 0 Å². The maximum absolute atomic E-state index is 16.7. The second-order valence-electron chi connectivity index (χ2n) is 9.05. The number of hydrogen-bond donors (Lipinski definition) is 3. The molecule has 4 rings (SSSR count). The minimum Gasteiger partial charge on any atom is -0.390 e. The lowest BCUT2D eigenvalue weighted by Crippen LogP contribution is -2.66. The third-order valence-corrected chi connectivity index (χ3v) is 8.21. The minimum atomic E-state index is -1.79. The number of aliphatic hydroxyl groups excluding tert-OH is 2. The highest BCUT2D eigenvalue weighted by atomic mass is 19.1. The SMILES string of the molecule is C[C@@H]1C[C@@H]2C(C[C@H](O)[C@@]3(F)[C@H]2CCC2=CCC=C[C@@]23C)[C@@]1(O)C(=O)CO. The summed E-state index contributed by atoms with van der Waals surface area (Å²) in [6.45, 7) is 2.96. The van der Waals surface area contributed by atoms with Crippen LogP contribution in [0.3, 0.4) is 0 Å². The van der Waals surface area contributed by atoms with Gasteiger partial charge in [0.05, 0.1) is 6.10 Å². The van der Waals surface area contributed by atoms with Gasteiger partial charge in [-0.15, -0.1) is 0 Å². The first kappa shape index (κ1) is 18.3. The maximum Gasteiger partial charge on any atom is 0.190 e. The van der Waals surface area contributed by atoms with Crippen molar-refractivity contribution >= 4 is 5.78 Å². The van der Waals surface area contributed by atoms with Gasteiger partial charge in [0.1, 0.15) is 12.2 Å². The van der Waals surface area contributed by atoms with E-state index in [-0.39, 0.29) is 18.3 Å². The number of carbonyl (C=O) groups excluding carboxylic acids is 1. The predicted molar refractivity (Wildman–Crippen MR) is 94.9 cm³/mol. The van der Waals surface area contributed by atoms with Crippen LogP contribution in [0.15, 0.2) is 23.8 Å². The molecule has 0 spiro atoms. The van der Waals surface area contributed by atoms with Gasteiger partial charge in [0.15, 0.2) is 11.5 Å². The molecule has 0 aromatic rings. The van der Waals surface area contributed by atoms with Gasteiger partial charge in [0, 0.05) is 17.3 Å². The van der Waals surface area contributed by atoms with Crippen LogP contribution in [0.25, 0.3) is 0 Å². The summed E-state index contributed by atoms with van der Waals surface area (Å²) in [5.74, 6) is -2.01. The van der Waals surface area contributed by atoms with Crippen molar-refractivity contribution in [2.75, 3.05) is 6.61 Å². The van der Waals surface area contributed by atoms with Gasteiger partial charge in [-0.1, -0.05) is 30.7 Å². The largest absolute Gasteiger partial charge is 0.390 e. The van der Waals surface area contributed by atoms with E-state index in [1.807, 2.05) is 19.1 Å². The molecule has 0 saturated heterocycles. The summed E-state index contributed by atoms with van der Waals surface area (Å²) in [4.78, 5) is 12.3. The van der Waals surface area contributed by atoms with E-state index in [1.54, 1.807) is 6.92 Å². The van der Waals surface area contributed by atoms with Crippen molar-refractivity contribution in [3.05, 3.63) is 23.8 Å². The van der Waals surface area contributed by atoms with Crippen LogP contribution in [0.1, 0.15) is 46.0 Å². The second kappa shape index (κ2) is 5.73. The third-order valence-electron chi connectivity index (χ3n) is 8.21. The van der Waals surface area contributed by atoms with Crippen LogP contribution in [0.2, 0.25) is 0 Å². The standard InChI is InChI=1S/C21H29FO4/c1-12-9-14-15-7-6-13-5-3-4-8-19(13,2)21(15,22)17(24)10-16(14)20(12,26)18(25)11-23/h4-5,8,12,14-17,23-24,26H,3,6-7,9-11H2,1-2H3/t12-,14+,15+,16?,17+,19+,20-,21+/m1/s1. The Bertz CT molecular complexity index is 687. The topological polar surface area (TPSA) is 77.8 Å². The fraction of sp³-hybridized carbons (Fsp3) is 0.762. The number of fused-ring (bicyclic) bond motifs is 5. The van der Waals surface area contributed by atoms with Gasteiger partial charge in [-0.2, -0.15) is 0 Å². The molecule has 0 aromatic heterocycles. The molecule has 0 bridgehead atoms. The van der Waals surface area contributed by atoms with Crippen LogP contribution < -0.4 is 0 Å². The number of ketones is 1. The smallest absolute Gasteiger partial charge is 0.190 e. The average Bonchev–Trinajstić information content (AvgIpc) is 2.87. The van der Waals surface area contributed by atoms with Crippen LogP contribution in [0, 0.1) is 29.1 Å². The summed E-state index contributed by atoms with van der Waals surface area (Å²) in [5.41, 5.74) is -3.23. The van der Waals surface area contributed by atoms with Gasteiger partial charge in [0.2, 0.25) is 0 Å². The van der Waals surface area contributed by atoms with Crippen LogP contribution in [-0.4, -0.2) is 45.1 Å². The number of hydrogen-bond acceptors (Lipinski definition) is 4. The molecule has 4 aliphatic rings.